The zero-order chi connectivity index (χ0) is 16.1. The van der Waals surface area contributed by atoms with Crippen molar-refractivity contribution in [2.45, 2.75) is 96.9 Å². The third kappa shape index (κ3) is 5.88. The molecular weight excluding hydrogens is 274 g/mol. The largest absolute Gasteiger partial charge is 0.415 e. The van der Waals surface area contributed by atoms with Crippen LogP contribution in [0.1, 0.15) is 66.7 Å². The maximum absolute atomic E-state index is 6.38. The quantitative estimate of drug-likeness (QED) is 0.375. The fourth-order valence-corrected chi connectivity index (χ4v) is 3.53. The topological polar surface area (TPSA) is 21.3 Å². The predicted molar refractivity (Wildman–Crippen MR) is 96.4 cm³/mol. The number of nitrogens with one attached hydrogen (secondary N) is 1. The van der Waals surface area contributed by atoms with E-state index in [0.29, 0.717) is 17.1 Å². The highest BCUT2D eigenvalue weighted by Crippen LogP contribution is 2.36. The van der Waals surface area contributed by atoms with Crippen LogP contribution in [0.3, 0.4) is 0 Å². The summed E-state index contributed by atoms with van der Waals surface area (Å²) in [6.07, 6.45) is 9.08. The SMILES string of the molecule is CCCCCC[C@H]1C=C(C)[C@H](CO[Si](C)(C)C(C)(C)C)N1. The van der Waals surface area contributed by atoms with Crippen molar-refractivity contribution in [1.82, 2.24) is 5.32 Å². The average Bonchev–Trinajstić information content (AvgIpc) is 2.72. The van der Waals surface area contributed by atoms with Gasteiger partial charge in [0.15, 0.2) is 8.32 Å². The van der Waals surface area contributed by atoms with Gasteiger partial charge in [0.2, 0.25) is 0 Å². The molecule has 1 N–H and O–H groups in total. The highest BCUT2D eigenvalue weighted by Gasteiger charge is 2.38. The number of hydrogen-bond acceptors (Lipinski definition) is 2. The number of unbranched alkanes of at least 4 members (excludes halogenated alkanes) is 3. The van der Waals surface area contributed by atoms with Gasteiger partial charge in [-0.25, -0.2) is 0 Å². The van der Waals surface area contributed by atoms with Gasteiger partial charge < -0.3 is 9.74 Å². The van der Waals surface area contributed by atoms with Gasteiger partial charge >= 0.3 is 0 Å². The molecule has 1 heterocycles. The maximum atomic E-state index is 6.38. The minimum absolute atomic E-state index is 0.294. The highest BCUT2D eigenvalue weighted by atomic mass is 28.4. The van der Waals surface area contributed by atoms with Crippen molar-refractivity contribution >= 4 is 8.32 Å². The van der Waals surface area contributed by atoms with Crippen LogP contribution < -0.4 is 5.32 Å². The maximum Gasteiger partial charge on any atom is 0.192 e. The van der Waals surface area contributed by atoms with Crippen LogP contribution in [-0.4, -0.2) is 27.0 Å². The van der Waals surface area contributed by atoms with Crippen molar-refractivity contribution < 1.29 is 4.43 Å². The average molecular weight is 312 g/mol. The Balaban J connectivity index is 2.37. The van der Waals surface area contributed by atoms with E-state index < -0.39 is 8.32 Å². The molecule has 2 nitrogen and oxygen atoms in total. The van der Waals surface area contributed by atoms with Crippen molar-refractivity contribution in [2.24, 2.45) is 0 Å². The molecular formula is C18H37NOSi. The standard InChI is InChI=1S/C18H37NOSi/c1-8-9-10-11-12-16-13-15(2)17(19-16)14-20-21(6,7)18(3,4)5/h13,16-17,19H,8-12,14H2,1-7H3/t16-,17-/m0/s1. The zero-order valence-corrected chi connectivity index (χ0v) is 16.4. The molecule has 1 aliphatic rings. The van der Waals surface area contributed by atoms with E-state index in [4.69, 9.17) is 4.43 Å². The van der Waals surface area contributed by atoms with E-state index in [1.165, 1.54) is 37.7 Å². The molecule has 0 aromatic rings. The minimum Gasteiger partial charge on any atom is -0.415 e. The second-order valence-electron chi connectivity index (χ2n) is 8.16. The number of rotatable bonds is 8. The lowest BCUT2D eigenvalue weighted by molar-refractivity contribution is 0.257. The van der Waals surface area contributed by atoms with Gasteiger partial charge in [-0.2, -0.15) is 0 Å². The lowest BCUT2D eigenvalue weighted by Crippen LogP contribution is -2.45. The Morgan fingerprint density at radius 2 is 1.86 bits per heavy atom. The summed E-state index contributed by atoms with van der Waals surface area (Å²) in [4.78, 5) is 0. The van der Waals surface area contributed by atoms with Crippen molar-refractivity contribution in [3.05, 3.63) is 11.6 Å². The molecule has 0 amide bonds. The van der Waals surface area contributed by atoms with Crippen LogP contribution in [0.2, 0.25) is 18.1 Å². The zero-order valence-electron chi connectivity index (χ0n) is 15.4. The summed E-state index contributed by atoms with van der Waals surface area (Å²) in [7, 11) is -1.63. The van der Waals surface area contributed by atoms with Crippen LogP contribution in [0, 0.1) is 0 Å². The lowest BCUT2D eigenvalue weighted by atomic mass is 10.1. The van der Waals surface area contributed by atoms with Crippen molar-refractivity contribution in [2.75, 3.05) is 6.61 Å². The van der Waals surface area contributed by atoms with E-state index in [-0.39, 0.29) is 0 Å². The van der Waals surface area contributed by atoms with Gasteiger partial charge in [0.25, 0.3) is 0 Å². The third-order valence-electron chi connectivity index (χ3n) is 5.21. The van der Waals surface area contributed by atoms with Gasteiger partial charge in [-0.3, -0.25) is 0 Å². The summed E-state index contributed by atoms with van der Waals surface area (Å²) >= 11 is 0. The van der Waals surface area contributed by atoms with Gasteiger partial charge in [0.05, 0.1) is 12.6 Å². The second kappa shape index (κ2) is 7.93. The van der Waals surface area contributed by atoms with Crippen LogP contribution in [0.5, 0.6) is 0 Å². The second-order valence-corrected chi connectivity index (χ2v) is 13.0. The lowest BCUT2D eigenvalue weighted by Gasteiger charge is -2.37. The molecule has 0 fully saturated rings. The van der Waals surface area contributed by atoms with Crippen LogP contribution in [0.15, 0.2) is 11.6 Å². The summed E-state index contributed by atoms with van der Waals surface area (Å²) in [6.45, 7) is 16.9. The molecule has 1 aliphatic heterocycles. The van der Waals surface area contributed by atoms with Crippen molar-refractivity contribution in [1.29, 1.82) is 0 Å². The summed E-state index contributed by atoms with van der Waals surface area (Å²) in [5, 5.41) is 4.04. The molecule has 0 aromatic heterocycles. The Hall–Kier alpha value is -0.123. The molecule has 0 saturated heterocycles. The Kier molecular flexibility index (Phi) is 7.15. The third-order valence-corrected chi connectivity index (χ3v) is 9.72. The molecule has 0 bridgehead atoms. The molecule has 0 unspecified atom stereocenters. The fourth-order valence-electron chi connectivity index (χ4n) is 2.52. The van der Waals surface area contributed by atoms with E-state index in [0.717, 1.165) is 6.61 Å². The Morgan fingerprint density at radius 3 is 2.43 bits per heavy atom. The predicted octanol–water partition coefficient (Wildman–Crippen LogP) is 5.27. The summed E-state index contributed by atoms with van der Waals surface area (Å²) in [5.41, 5.74) is 1.47. The smallest absolute Gasteiger partial charge is 0.192 e. The van der Waals surface area contributed by atoms with Gasteiger partial charge in [0, 0.05) is 6.04 Å². The first-order chi connectivity index (χ1) is 9.67. The Morgan fingerprint density at radius 1 is 1.19 bits per heavy atom. The van der Waals surface area contributed by atoms with E-state index in [9.17, 15) is 0 Å². The molecule has 0 spiro atoms. The summed E-state index contributed by atoms with van der Waals surface area (Å²) < 4.78 is 6.38. The van der Waals surface area contributed by atoms with Gasteiger partial charge in [-0.1, -0.05) is 65.0 Å². The highest BCUT2D eigenvalue weighted by molar-refractivity contribution is 6.74. The first-order valence-electron chi connectivity index (χ1n) is 8.75. The molecule has 0 radical (unpaired) electrons. The van der Waals surface area contributed by atoms with E-state index in [1.54, 1.807) is 0 Å². The molecule has 0 aliphatic carbocycles. The number of hydrogen-bond donors (Lipinski definition) is 1. The molecule has 0 saturated carbocycles. The van der Waals surface area contributed by atoms with Crippen molar-refractivity contribution in [3.63, 3.8) is 0 Å². The normalized spacial score (nSPS) is 23.5. The molecule has 0 aromatic carbocycles. The molecule has 21 heavy (non-hydrogen) atoms. The van der Waals surface area contributed by atoms with Crippen LogP contribution in [0.25, 0.3) is 0 Å². The Bertz CT molecular complexity index is 344. The molecule has 124 valence electrons. The van der Waals surface area contributed by atoms with E-state index in [2.05, 4.69) is 59.1 Å². The van der Waals surface area contributed by atoms with Gasteiger partial charge in [-0.05, 0) is 31.5 Å². The molecule has 2 atom stereocenters. The fraction of sp³-hybridized carbons (Fsp3) is 0.889. The van der Waals surface area contributed by atoms with Crippen LogP contribution >= 0.6 is 0 Å². The van der Waals surface area contributed by atoms with Crippen LogP contribution in [0.4, 0.5) is 0 Å². The van der Waals surface area contributed by atoms with E-state index >= 15 is 0 Å². The molecule has 1 rings (SSSR count). The van der Waals surface area contributed by atoms with Gasteiger partial charge in [-0.15, -0.1) is 0 Å². The first kappa shape index (κ1) is 18.9. The minimum atomic E-state index is -1.63. The summed E-state index contributed by atoms with van der Waals surface area (Å²) in [5.74, 6) is 0. The first-order valence-corrected chi connectivity index (χ1v) is 11.7. The van der Waals surface area contributed by atoms with E-state index in [1.807, 2.05) is 0 Å². The summed E-state index contributed by atoms with van der Waals surface area (Å²) in [6, 6.07) is 0.991. The van der Waals surface area contributed by atoms with Gasteiger partial charge in [0.1, 0.15) is 0 Å². The monoisotopic (exact) mass is 311 g/mol. The Labute approximate surface area is 133 Å². The van der Waals surface area contributed by atoms with Crippen molar-refractivity contribution in [3.8, 4) is 0 Å². The van der Waals surface area contributed by atoms with Crippen LogP contribution in [-0.2, 0) is 4.43 Å². The molecule has 3 heteroatoms.